The zero-order valence-electron chi connectivity index (χ0n) is 7.46. The van der Waals surface area contributed by atoms with Crippen molar-refractivity contribution in [3.05, 3.63) is 17.8 Å². The van der Waals surface area contributed by atoms with Gasteiger partial charge >= 0.3 is 0 Å². The van der Waals surface area contributed by atoms with Crippen molar-refractivity contribution in [2.45, 2.75) is 33.1 Å². The van der Waals surface area contributed by atoms with Crippen molar-refractivity contribution in [2.24, 2.45) is 0 Å². The predicted molar refractivity (Wildman–Crippen MR) is 45.1 cm³/mol. The lowest BCUT2D eigenvalue weighted by Crippen LogP contribution is -1.96. The third-order valence-electron chi connectivity index (χ3n) is 1.73. The first-order chi connectivity index (χ1) is 5.75. The van der Waals surface area contributed by atoms with Crippen LogP contribution in [0.3, 0.4) is 0 Å². The van der Waals surface area contributed by atoms with Crippen molar-refractivity contribution in [1.29, 1.82) is 0 Å². The number of carbonyl (C=O) groups excluding carboxylic acids is 1. The molecule has 0 radical (unpaired) electrons. The Labute approximate surface area is 71.8 Å². The third-order valence-corrected chi connectivity index (χ3v) is 1.73. The van der Waals surface area contributed by atoms with Crippen LogP contribution in [-0.2, 0) is 6.42 Å². The highest BCUT2D eigenvalue weighted by atomic mass is 16.3. The number of oxazole rings is 1. The molecule has 0 aliphatic rings. The Kier molecular flexibility index (Phi) is 3.02. The summed E-state index contributed by atoms with van der Waals surface area (Å²) in [5, 5.41) is 0. The highest BCUT2D eigenvalue weighted by Crippen LogP contribution is 2.10. The highest BCUT2D eigenvalue weighted by Gasteiger charge is 2.11. The van der Waals surface area contributed by atoms with E-state index in [4.69, 9.17) is 4.42 Å². The molecule has 3 heteroatoms. The molecule has 0 saturated heterocycles. The van der Waals surface area contributed by atoms with Crippen LogP contribution in [0.15, 0.2) is 10.8 Å². The summed E-state index contributed by atoms with van der Waals surface area (Å²) in [6.07, 6.45) is 4.32. The van der Waals surface area contributed by atoms with Gasteiger partial charge in [-0.3, -0.25) is 4.79 Å². The van der Waals surface area contributed by atoms with E-state index in [-0.39, 0.29) is 5.78 Å². The van der Waals surface area contributed by atoms with Gasteiger partial charge in [0.2, 0.25) is 0 Å². The van der Waals surface area contributed by atoms with Crippen LogP contribution in [0, 0.1) is 0 Å². The molecule has 0 atom stereocenters. The van der Waals surface area contributed by atoms with E-state index in [1.54, 1.807) is 0 Å². The SMILES string of the molecule is CCCCc1ncoc1C(C)=O. The van der Waals surface area contributed by atoms with Gasteiger partial charge < -0.3 is 4.42 Å². The molecule has 0 spiro atoms. The maximum absolute atomic E-state index is 11.0. The van der Waals surface area contributed by atoms with Gasteiger partial charge in [0.1, 0.15) is 0 Å². The molecule has 1 rings (SSSR count). The standard InChI is InChI=1S/C9H13NO2/c1-3-4-5-8-9(7(2)11)12-6-10-8/h6H,3-5H2,1-2H3. The van der Waals surface area contributed by atoms with Gasteiger partial charge in [-0.05, 0) is 12.8 Å². The number of Topliss-reactive ketones (excluding diaryl/α,β-unsaturated/α-hetero) is 1. The van der Waals surface area contributed by atoms with Crippen molar-refractivity contribution >= 4 is 5.78 Å². The second-order valence-electron chi connectivity index (χ2n) is 2.79. The lowest BCUT2D eigenvalue weighted by molar-refractivity contribution is 0.0986. The molecule has 0 N–H and O–H groups in total. The number of hydrogen-bond acceptors (Lipinski definition) is 3. The van der Waals surface area contributed by atoms with Crippen LogP contribution in [0.1, 0.15) is 42.9 Å². The molecule has 1 aromatic rings. The molecule has 66 valence electrons. The van der Waals surface area contributed by atoms with Crippen LogP contribution in [0.25, 0.3) is 0 Å². The fraction of sp³-hybridized carbons (Fsp3) is 0.556. The molecular weight excluding hydrogens is 154 g/mol. The van der Waals surface area contributed by atoms with Gasteiger partial charge in [-0.25, -0.2) is 4.98 Å². The number of nitrogens with zero attached hydrogens (tertiary/aromatic N) is 1. The Balaban J connectivity index is 2.70. The minimum absolute atomic E-state index is 0.0430. The molecule has 0 bridgehead atoms. The van der Waals surface area contributed by atoms with Gasteiger partial charge in [-0.2, -0.15) is 0 Å². The topological polar surface area (TPSA) is 43.1 Å². The van der Waals surface area contributed by atoms with E-state index in [0.717, 1.165) is 25.0 Å². The molecule has 1 aromatic heterocycles. The van der Waals surface area contributed by atoms with Crippen LogP contribution >= 0.6 is 0 Å². The minimum Gasteiger partial charge on any atom is -0.440 e. The van der Waals surface area contributed by atoms with Crippen LogP contribution in [0.5, 0.6) is 0 Å². The molecule has 0 fully saturated rings. The number of aromatic nitrogens is 1. The first-order valence-corrected chi connectivity index (χ1v) is 4.19. The number of carbonyl (C=O) groups is 1. The summed E-state index contributed by atoms with van der Waals surface area (Å²) >= 11 is 0. The van der Waals surface area contributed by atoms with Crippen molar-refractivity contribution < 1.29 is 9.21 Å². The van der Waals surface area contributed by atoms with E-state index in [1.165, 1.54) is 13.3 Å². The van der Waals surface area contributed by atoms with Crippen LogP contribution in [0.4, 0.5) is 0 Å². The number of aryl methyl sites for hydroxylation is 1. The molecule has 0 aliphatic carbocycles. The molecule has 0 saturated carbocycles. The Morgan fingerprint density at radius 3 is 3.00 bits per heavy atom. The number of hydrogen-bond donors (Lipinski definition) is 0. The molecule has 12 heavy (non-hydrogen) atoms. The number of rotatable bonds is 4. The maximum atomic E-state index is 11.0. The Hall–Kier alpha value is -1.12. The monoisotopic (exact) mass is 167 g/mol. The summed E-state index contributed by atoms with van der Waals surface area (Å²) in [6, 6.07) is 0. The molecule has 0 aromatic carbocycles. The smallest absolute Gasteiger partial charge is 0.196 e. The normalized spacial score (nSPS) is 10.2. The first kappa shape index (κ1) is 8.97. The van der Waals surface area contributed by atoms with Gasteiger partial charge in [-0.1, -0.05) is 13.3 Å². The van der Waals surface area contributed by atoms with Gasteiger partial charge in [0.25, 0.3) is 0 Å². The lowest BCUT2D eigenvalue weighted by Gasteiger charge is -1.94. The van der Waals surface area contributed by atoms with Gasteiger partial charge in [0.05, 0.1) is 5.69 Å². The predicted octanol–water partition coefficient (Wildman–Crippen LogP) is 2.22. The fourth-order valence-electron chi connectivity index (χ4n) is 1.08. The van der Waals surface area contributed by atoms with Crippen molar-refractivity contribution in [1.82, 2.24) is 4.98 Å². The zero-order valence-corrected chi connectivity index (χ0v) is 7.46. The molecule has 0 aliphatic heterocycles. The van der Waals surface area contributed by atoms with Gasteiger partial charge in [0, 0.05) is 6.92 Å². The largest absolute Gasteiger partial charge is 0.440 e. The highest BCUT2D eigenvalue weighted by molar-refractivity contribution is 5.92. The Morgan fingerprint density at radius 2 is 2.42 bits per heavy atom. The van der Waals surface area contributed by atoms with Crippen molar-refractivity contribution in [3.8, 4) is 0 Å². The minimum atomic E-state index is -0.0430. The molecule has 3 nitrogen and oxygen atoms in total. The second kappa shape index (κ2) is 4.04. The van der Waals surface area contributed by atoms with E-state index in [1.807, 2.05) is 0 Å². The van der Waals surface area contributed by atoms with Gasteiger partial charge in [-0.15, -0.1) is 0 Å². The van der Waals surface area contributed by atoms with E-state index in [2.05, 4.69) is 11.9 Å². The van der Waals surface area contributed by atoms with E-state index in [9.17, 15) is 4.79 Å². The van der Waals surface area contributed by atoms with E-state index >= 15 is 0 Å². The lowest BCUT2D eigenvalue weighted by atomic mass is 10.1. The van der Waals surface area contributed by atoms with E-state index in [0.29, 0.717) is 5.76 Å². The first-order valence-electron chi connectivity index (χ1n) is 4.19. The van der Waals surface area contributed by atoms with Crippen LogP contribution in [0.2, 0.25) is 0 Å². The summed E-state index contributed by atoms with van der Waals surface area (Å²) in [6.45, 7) is 3.60. The van der Waals surface area contributed by atoms with E-state index < -0.39 is 0 Å². The van der Waals surface area contributed by atoms with Crippen LogP contribution in [-0.4, -0.2) is 10.8 Å². The summed E-state index contributed by atoms with van der Waals surface area (Å²) < 4.78 is 4.96. The average Bonchev–Trinajstić information content (AvgIpc) is 2.48. The van der Waals surface area contributed by atoms with Gasteiger partial charge in [0.15, 0.2) is 17.9 Å². The van der Waals surface area contributed by atoms with Crippen molar-refractivity contribution in [2.75, 3.05) is 0 Å². The summed E-state index contributed by atoms with van der Waals surface area (Å²) in [4.78, 5) is 14.9. The Morgan fingerprint density at radius 1 is 1.67 bits per heavy atom. The number of ketones is 1. The Bertz CT molecular complexity index is 265. The summed E-state index contributed by atoms with van der Waals surface area (Å²) in [5.74, 6) is 0.377. The fourth-order valence-corrected chi connectivity index (χ4v) is 1.08. The molecule has 1 heterocycles. The average molecular weight is 167 g/mol. The van der Waals surface area contributed by atoms with Crippen LogP contribution < -0.4 is 0 Å². The second-order valence-corrected chi connectivity index (χ2v) is 2.79. The molecule has 0 amide bonds. The number of unbranched alkanes of at least 4 members (excludes halogenated alkanes) is 1. The van der Waals surface area contributed by atoms with Crippen molar-refractivity contribution in [3.63, 3.8) is 0 Å². The summed E-state index contributed by atoms with van der Waals surface area (Å²) in [5.41, 5.74) is 0.796. The maximum Gasteiger partial charge on any atom is 0.196 e. The third kappa shape index (κ3) is 1.94. The quantitative estimate of drug-likeness (QED) is 0.646. The summed E-state index contributed by atoms with van der Waals surface area (Å²) in [7, 11) is 0. The molecule has 0 unspecified atom stereocenters. The molecular formula is C9H13NO2. The zero-order chi connectivity index (χ0) is 8.97.